The Kier molecular flexibility index (Phi) is 2.08. The topological polar surface area (TPSA) is 44.9 Å². The van der Waals surface area contributed by atoms with Crippen molar-refractivity contribution in [3.05, 3.63) is 35.8 Å². The molecule has 3 nitrogen and oxygen atoms in total. The number of rotatable bonds is 3. The summed E-state index contributed by atoms with van der Waals surface area (Å²) in [6.45, 7) is 0. The van der Waals surface area contributed by atoms with Crippen LogP contribution in [0, 0.1) is 5.82 Å². The standard InChI is InChI=1S/C15H15FN2O/c16-9-1-4-11-12(8-17-13(11)7-9)15(5-6-15)14(19)18-10-2-3-10/h1,4,7-8,10,17H,2-3,5-6H2,(H,18,19). The van der Waals surface area contributed by atoms with Crippen LogP contribution in [0.25, 0.3) is 10.9 Å². The molecule has 4 rings (SSSR count). The summed E-state index contributed by atoms with van der Waals surface area (Å²) in [6, 6.07) is 5.08. The summed E-state index contributed by atoms with van der Waals surface area (Å²) in [7, 11) is 0. The molecule has 2 fully saturated rings. The lowest BCUT2D eigenvalue weighted by molar-refractivity contribution is -0.123. The molecule has 4 heteroatoms. The fourth-order valence-electron chi connectivity index (χ4n) is 2.79. The summed E-state index contributed by atoms with van der Waals surface area (Å²) in [6.07, 6.45) is 5.83. The van der Waals surface area contributed by atoms with E-state index in [1.54, 1.807) is 6.07 Å². The third-order valence-electron chi connectivity index (χ3n) is 4.26. The largest absolute Gasteiger partial charge is 0.361 e. The molecular formula is C15H15FN2O. The maximum atomic E-state index is 13.2. The van der Waals surface area contributed by atoms with Gasteiger partial charge in [0.15, 0.2) is 0 Å². The predicted molar refractivity (Wildman–Crippen MR) is 70.3 cm³/mol. The zero-order valence-electron chi connectivity index (χ0n) is 10.5. The first-order chi connectivity index (χ1) is 9.19. The van der Waals surface area contributed by atoms with Crippen molar-refractivity contribution in [3.8, 4) is 0 Å². The molecule has 0 atom stereocenters. The van der Waals surface area contributed by atoms with E-state index in [2.05, 4.69) is 10.3 Å². The van der Waals surface area contributed by atoms with E-state index < -0.39 is 0 Å². The van der Waals surface area contributed by atoms with Gasteiger partial charge in [0.25, 0.3) is 0 Å². The lowest BCUT2D eigenvalue weighted by Crippen LogP contribution is -2.35. The highest BCUT2D eigenvalue weighted by Gasteiger charge is 2.53. The normalized spacial score (nSPS) is 20.5. The number of amides is 1. The monoisotopic (exact) mass is 258 g/mol. The number of aromatic nitrogens is 1. The lowest BCUT2D eigenvalue weighted by atomic mass is 9.94. The SMILES string of the molecule is O=C(NC1CC1)C1(c2c[nH]c3cc(F)ccc23)CC1. The molecule has 0 saturated heterocycles. The van der Waals surface area contributed by atoms with Gasteiger partial charge >= 0.3 is 0 Å². The molecule has 2 aliphatic carbocycles. The molecule has 0 radical (unpaired) electrons. The molecule has 0 aliphatic heterocycles. The van der Waals surface area contributed by atoms with Crippen molar-refractivity contribution in [2.45, 2.75) is 37.1 Å². The quantitative estimate of drug-likeness (QED) is 0.873. The van der Waals surface area contributed by atoms with Crippen LogP contribution in [0.4, 0.5) is 4.39 Å². The number of carbonyl (C=O) groups is 1. The van der Waals surface area contributed by atoms with Gasteiger partial charge in [-0.3, -0.25) is 4.79 Å². The zero-order valence-corrected chi connectivity index (χ0v) is 10.5. The first kappa shape index (κ1) is 11.0. The van der Waals surface area contributed by atoms with Gasteiger partial charge in [0.2, 0.25) is 5.91 Å². The second kappa shape index (κ2) is 3.59. The number of carbonyl (C=O) groups excluding carboxylic acids is 1. The smallest absolute Gasteiger partial charge is 0.230 e. The molecule has 2 N–H and O–H groups in total. The van der Waals surface area contributed by atoms with Crippen LogP contribution in [0.1, 0.15) is 31.2 Å². The first-order valence-corrected chi connectivity index (χ1v) is 6.77. The Morgan fingerprint density at radius 2 is 2.16 bits per heavy atom. The van der Waals surface area contributed by atoms with Gasteiger partial charge in [-0.1, -0.05) is 0 Å². The molecule has 2 aliphatic rings. The van der Waals surface area contributed by atoms with Crippen LogP contribution in [-0.2, 0) is 10.2 Å². The maximum Gasteiger partial charge on any atom is 0.230 e. The number of H-pyrrole nitrogens is 1. The van der Waals surface area contributed by atoms with Crippen LogP contribution in [-0.4, -0.2) is 16.9 Å². The molecule has 1 amide bonds. The van der Waals surface area contributed by atoms with E-state index >= 15 is 0 Å². The van der Waals surface area contributed by atoms with Crippen LogP contribution in [0.5, 0.6) is 0 Å². The Hall–Kier alpha value is -1.84. The van der Waals surface area contributed by atoms with E-state index in [0.717, 1.165) is 42.1 Å². The maximum absolute atomic E-state index is 13.2. The van der Waals surface area contributed by atoms with Gasteiger partial charge in [0.05, 0.1) is 5.41 Å². The fourth-order valence-corrected chi connectivity index (χ4v) is 2.79. The molecule has 98 valence electrons. The number of hydrogen-bond acceptors (Lipinski definition) is 1. The number of nitrogens with one attached hydrogen (secondary N) is 2. The number of fused-ring (bicyclic) bond motifs is 1. The Morgan fingerprint density at radius 3 is 2.84 bits per heavy atom. The molecular weight excluding hydrogens is 243 g/mol. The summed E-state index contributed by atoms with van der Waals surface area (Å²) >= 11 is 0. The van der Waals surface area contributed by atoms with Crippen LogP contribution in [0.3, 0.4) is 0 Å². The molecule has 1 heterocycles. The van der Waals surface area contributed by atoms with Gasteiger partial charge in [0.1, 0.15) is 5.82 Å². The highest BCUT2D eigenvalue weighted by molar-refractivity contribution is 5.97. The predicted octanol–water partition coefficient (Wildman–Crippen LogP) is 2.62. The molecule has 0 unspecified atom stereocenters. The van der Waals surface area contributed by atoms with Crippen LogP contribution in [0.15, 0.2) is 24.4 Å². The zero-order chi connectivity index (χ0) is 13.0. The average molecular weight is 258 g/mol. The van der Waals surface area contributed by atoms with Crippen molar-refractivity contribution in [3.63, 3.8) is 0 Å². The number of benzene rings is 1. The molecule has 2 aromatic rings. The van der Waals surface area contributed by atoms with Crippen molar-refractivity contribution in [1.82, 2.24) is 10.3 Å². The molecule has 0 bridgehead atoms. The van der Waals surface area contributed by atoms with Crippen LogP contribution in [0.2, 0.25) is 0 Å². The Labute approximate surface area is 110 Å². The Balaban J connectivity index is 1.74. The molecule has 1 aromatic heterocycles. The van der Waals surface area contributed by atoms with E-state index in [-0.39, 0.29) is 17.1 Å². The molecule has 0 spiro atoms. The third kappa shape index (κ3) is 1.66. The van der Waals surface area contributed by atoms with Crippen molar-refractivity contribution in [2.75, 3.05) is 0 Å². The second-order valence-electron chi connectivity index (χ2n) is 5.72. The van der Waals surface area contributed by atoms with Gasteiger partial charge in [-0.15, -0.1) is 0 Å². The summed E-state index contributed by atoms with van der Waals surface area (Å²) < 4.78 is 13.2. The number of aromatic amines is 1. The first-order valence-electron chi connectivity index (χ1n) is 6.77. The second-order valence-corrected chi connectivity index (χ2v) is 5.72. The highest BCUT2D eigenvalue weighted by atomic mass is 19.1. The summed E-state index contributed by atoms with van der Waals surface area (Å²) in [5.41, 5.74) is 1.40. The molecule has 2 saturated carbocycles. The summed E-state index contributed by atoms with van der Waals surface area (Å²) in [4.78, 5) is 15.5. The minimum Gasteiger partial charge on any atom is -0.361 e. The molecule has 1 aromatic carbocycles. The van der Waals surface area contributed by atoms with Crippen molar-refractivity contribution in [1.29, 1.82) is 0 Å². The van der Waals surface area contributed by atoms with Gasteiger partial charge in [-0.2, -0.15) is 0 Å². The number of halogens is 1. The lowest BCUT2D eigenvalue weighted by Gasteiger charge is -2.14. The van der Waals surface area contributed by atoms with Crippen LogP contribution >= 0.6 is 0 Å². The van der Waals surface area contributed by atoms with Crippen molar-refractivity contribution >= 4 is 16.8 Å². The molecule has 19 heavy (non-hydrogen) atoms. The van der Waals surface area contributed by atoms with Gasteiger partial charge in [-0.05, 0) is 49.4 Å². The Morgan fingerprint density at radius 1 is 1.37 bits per heavy atom. The minimum absolute atomic E-state index is 0.139. The van der Waals surface area contributed by atoms with Crippen molar-refractivity contribution in [2.24, 2.45) is 0 Å². The minimum atomic E-state index is -0.376. The van der Waals surface area contributed by atoms with E-state index in [1.165, 1.54) is 12.1 Å². The van der Waals surface area contributed by atoms with Gasteiger partial charge in [-0.25, -0.2) is 4.39 Å². The van der Waals surface area contributed by atoms with E-state index in [9.17, 15) is 9.18 Å². The van der Waals surface area contributed by atoms with Crippen LogP contribution < -0.4 is 5.32 Å². The summed E-state index contributed by atoms with van der Waals surface area (Å²) in [5, 5.41) is 4.06. The van der Waals surface area contributed by atoms with Crippen molar-refractivity contribution < 1.29 is 9.18 Å². The average Bonchev–Trinajstić information content (AvgIpc) is 3.29. The Bertz CT molecular complexity index is 668. The highest BCUT2D eigenvalue weighted by Crippen LogP contribution is 2.51. The van der Waals surface area contributed by atoms with Gasteiger partial charge in [0, 0.05) is 23.1 Å². The number of hydrogen-bond donors (Lipinski definition) is 2. The van der Waals surface area contributed by atoms with E-state index in [1.807, 2.05) is 6.20 Å². The third-order valence-corrected chi connectivity index (χ3v) is 4.26. The van der Waals surface area contributed by atoms with Gasteiger partial charge < -0.3 is 10.3 Å². The van der Waals surface area contributed by atoms with E-state index in [0.29, 0.717) is 6.04 Å². The summed E-state index contributed by atoms with van der Waals surface area (Å²) in [5.74, 6) is -0.117. The fraction of sp³-hybridized carbons (Fsp3) is 0.400. The van der Waals surface area contributed by atoms with E-state index in [4.69, 9.17) is 0 Å².